The molecule has 1 aromatic carbocycles. The van der Waals surface area contributed by atoms with Gasteiger partial charge >= 0.3 is 0 Å². The van der Waals surface area contributed by atoms with Gasteiger partial charge in [-0.05, 0) is 37.2 Å². The van der Waals surface area contributed by atoms with E-state index in [2.05, 4.69) is 68.2 Å². The maximum atomic E-state index is 5.68. The Morgan fingerprint density at radius 1 is 1.22 bits per heavy atom. The molecular weight excluding hydrogens is 286 g/mol. The van der Waals surface area contributed by atoms with Crippen LogP contribution in [0.15, 0.2) is 18.2 Å². The molecule has 1 fully saturated rings. The molecule has 0 bridgehead atoms. The van der Waals surface area contributed by atoms with Crippen LogP contribution in [-0.4, -0.2) is 63.7 Å². The topological polar surface area (TPSA) is 27.7 Å². The number of ether oxygens (including phenoxy) is 1. The molecule has 4 nitrogen and oxygen atoms in total. The van der Waals surface area contributed by atoms with Gasteiger partial charge in [0, 0.05) is 38.3 Å². The van der Waals surface area contributed by atoms with Crippen LogP contribution in [0.5, 0.6) is 5.75 Å². The average molecular weight is 319 g/mol. The maximum absolute atomic E-state index is 5.68. The van der Waals surface area contributed by atoms with Gasteiger partial charge in [0.2, 0.25) is 0 Å². The Balaban J connectivity index is 2.32. The van der Waals surface area contributed by atoms with Crippen LogP contribution in [0, 0.1) is 0 Å². The van der Waals surface area contributed by atoms with Gasteiger partial charge in [0.15, 0.2) is 0 Å². The van der Waals surface area contributed by atoms with E-state index in [4.69, 9.17) is 4.74 Å². The molecule has 1 unspecified atom stereocenters. The molecule has 2 rings (SSSR count). The number of likely N-dealkylation sites (N-methyl/N-ethyl adjacent to an activating group) is 1. The second kappa shape index (κ2) is 7.65. The highest BCUT2D eigenvalue weighted by Gasteiger charge is 2.24. The maximum Gasteiger partial charge on any atom is 0.123 e. The van der Waals surface area contributed by atoms with Crippen molar-refractivity contribution in [3.05, 3.63) is 29.3 Å². The standard InChI is InChI=1S/C19H33N3O/c1-19(2,3)15-7-8-18(23-6)16(13-15)17(21(4)5)14-22-11-9-20-10-12-22/h7-8,13,17,20H,9-12,14H2,1-6H3. The molecule has 0 aliphatic carbocycles. The van der Waals surface area contributed by atoms with E-state index >= 15 is 0 Å². The minimum absolute atomic E-state index is 0.146. The Morgan fingerprint density at radius 3 is 2.39 bits per heavy atom. The van der Waals surface area contributed by atoms with Gasteiger partial charge in [-0.25, -0.2) is 0 Å². The van der Waals surface area contributed by atoms with Crippen LogP contribution in [0.25, 0.3) is 0 Å². The fourth-order valence-corrected chi connectivity index (χ4v) is 3.14. The highest BCUT2D eigenvalue weighted by atomic mass is 16.5. The van der Waals surface area contributed by atoms with Crippen LogP contribution < -0.4 is 10.1 Å². The molecule has 0 saturated carbocycles. The molecule has 23 heavy (non-hydrogen) atoms. The number of rotatable bonds is 5. The predicted molar refractivity (Wildman–Crippen MR) is 97.4 cm³/mol. The molecule has 0 radical (unpaired) electrons. The minimum atomic E-state index is 0.146. The summed E-state index contributed by atoms with van der Waals surface area (Å²) in [4.78, 5) is 4.86. The third-order valence-electron chi connectivity index (χ3n) is 4.72. The van der Waals surface area contributed by atoms with Crippen molar-refractivity contribution < 1.29 is 4.74 Å². The molecule has 1 atom stereocenters. The monoisotopic (exact) mass is 319 g/mol. The summed E-state index contributed by atoms with van der Waals surface area (Å²) in [5.41, 5.74) is 2.80. The molecular formula is C19H33N3O. The Labute approximate surface area is 141 Å². The van der Waals surface area contributed by atoms with Crippen LogP contribution >= 0.6 is 0 Å². The molecule has 1 aliphatic rings. The van der Waals surface area contributed by atoms with E-state index in [0.29, 0.717) is 6.04 Å². The van der Waals surface area contributed by atoms with E-state index in [9.17, 15) is 0 Å². The molecule has 1 N–H and O–H groups in total. The Bertz CT molecular complexity index is 502. The van der Waals surface area contributed by atoms with Gasteiger partial charge in [0.05, 0.1) is 13.2 Å². The van der Waals surface area contributed by atoms with E-state index in [1.807, 2.05) is 0 Å². The first-order valence-electron chi connectivity index (χ1n) is 8.61. The Hall–Kier alpha value is -1.10. The zero-order chi connectivity index (χ0) is 17.0. The highest BCUT2D eigenvalue weighted by molar-refractivity contribution is 5.42. The quantitative estimate of drug-likeness (QED) is 0.902. The number of nitrogens with zero attached hydrogens (tertiary/aromatic N) is 2. The summed E-state index contributed by atoms with van der Waals surface area (Å²) in [7, 11) is 6.10. The van der Waals surface area contributed by atoms with Crippen molar-refractivity contribution in [2.24, 2.45) is 0 Å². The molecule has 0 amide bonds. The lowest BCUT2D eigenvalue weighted by Crippen LogP contribution is -2.46. The molecule has 0 aromatic heterocycles. The molecule has 1 aliphatic heterocycles. The second-order valence-electron chi connectivity index (χ2n) is 7.74. The van der Waals surface area contributed by atoms with Crippen molar-refractivity contribution in [2.75, 3.05) is 53.9 Å². The summed E-state index contributed by atoms with van der Waals surface area (Å²) in [5, 5.41) is 3.43. The lowest BCUT2D eigenvalue weighted by molar-refractivity contribution is 0.166. The van der Waals surface area contributed by atoms with Crippen molar-refractivity contribution in [1.29, 1.82) is 0 Å². The first-order valence-corrected chi connectivity index (χ1v) is 8.61. The zero-order valence-electron chi connectivity index (χ0n) is 15.6. The third-order valence-corrected chi connectivity index (χ3v) is 4.72. The first-order chi connectivity index (χ1) is 10.8. The fraction of sp³-hybridized carbons (Fsp3) is 0.684. The summed E-state index contributed by atoms with van der Waals surface area (Å²) in [6.45, 7) is 12.2. The first kappa shape index (κ1) is 18.2. The van der Waals surface area contributed by atoms with Crippen molar-refractivity contribution in [2.45, 2.75) is 32.2 Å². The van der Waals surface area contributed by atoms with Gasteiger partial charge in [-0.1, -0.05) is 26.8 Å². The van der Waals surface area contributed by atoms with Crippen LogP contribution in [0.2, 0.25) is 0 Å². The van der Waals surface area contributed by atoms with Crippen molar-refractivity contribution >= 4 is 0 Å². The minimum Gasteiger partial charge on any atom is -0.496 e. The summed E-state index contributed by atoms with van der Waals surface area (Å²) < 4.78 is 5.68. The Morgan fingerprint density at radius 2 is 1.87 bits per heavy atom. The lowest BCUT2D eigenvalue weighted by Gasteiger charge is -2.35. The van der Waals surface area contributed by atoms with Crippen LogP contribution in [-0.2, 0) is 5.41 Å². The van der Waals surface area contributed by atoms with E-state index in [-0.39, 0.29) is 5.41 Å². The van der Waals surface area contributed by atoms with Gasteiger partial charge in [0.1, 0.15) is 5.75 Å². The molecule has 1 aromatic rings. The van der Waals surface area contributed by atoms with Gasteiger partial charge in [-0.3, -0.25) is 4.90 Å². The van der Waals surface area contributed by atoms with Crippen molar-refractivity contribution in [3.8, 4) is 5.75 Å². The van der Waals surface area contributed by atoms with Gasteiger partial charge in [-0.2, -0.15) is 0 Å². The average Bonchev–Trinajstić information content (AvgIpc) is 2.52. The molecule has 130 valence electrons. The number of piperazine rings is 1. The summed E-state index contributed by atoms with van der Waals surface area (Å²) in [5.74, 6) is 0.992. The van der Waals surface area contributed by atoms with Crippen LogP contribution in [0.1, 0.15) is 37.9 Å². The van der Waals surface area contributed by atoms with Gasteiger partial charge in [0.25, 0.3) is 0 Å². The molecule has 1 saturated heterocycles. The number of benzene rings is 1. The summed E-state index contributed by atoms with van der Waals surface area (Å²) >= 11 is 0. The SMILES string of the molecule is COc1ccc(C(C)(C)C)cc1C(CN1CCNCC1)N(C)C. The van der Waals surface area contributed by atoms with E-state index < -0.39 is 0 Å². The number of nitrogens with one attached hydrogen (secondary N) is 1. The molecule has 1 heterocycles. The van der Waals surface area contributed by atoms with Crippen LogP contribution in [0.3, 0.4) is 0 Å². The third kappa shape index (κ3) is 4.69. The van der Waals surface area contributed by atoms with Gasteiger partial charge in [-0.15, -0.1) is 0 Å². The normalized spacial score (nSPS) is 18.2. The number of hydrogen-bond donors (Lipinski definition) is 1. The number of methoxy groups -OCH3 is 1. The number of hydrogen-bond acceptors (Lipinski definition) is 4. The Kier molecular flexibility index (Phi) is 6.06. The van der Waals surface area contributed by atoms with Crippen LogP contribution in [0.4, 0.5) is 0 Å². The smallest absolute Gasteiger partial charge is 0.123 e. The molecule has 4 heteroatoms. The van der Waals surface area contributed by atoms with E-state index in [1.54, 1.807) is 7.11 Å². The van der Waals surface area contributed by atoms with Gasteiger partial charge < -0.3 is 15.0 Å². The zero-order valence-corrected chi connectivity index (χ0v) is 15.6. The van der Waals surface area contributed by atoms with E-state index in [0.717, 1.165) is 38.5 Å². The largest absolute Gasteiger partial charge is 0.496 e. The van der Waals surface area contributed by atoms with Crippen molar-refractivity contribution in [1.82, 2.24) is 15.1 Å². The lowest BCUT2D eigenvalue weighted by atomic mass is 9.85. The second-order valence-corrected chi connectivity index (χ2v) is 7.74. The van der Waals surface area contributed by atoms with Crippen molar-refractivity contribution in [3.63, 3.8) is 0 Å². The fourth-order valence-electron chi connectivity index (χ4n) is 3.14. The highest BCUT2D eigenvalue weighted by Crippen LogP contribution is 2.33. The summed E-state index contributed by atoms with van der Waals surface area (Å²) in [6, 6.07) is 7.00. The summed E-state index contributed by atoms with van der Waals surface area (Å²) in [6.07, 6.45) is 0. The van der Waals surface area contributed by atoms with E-state index in [1.165, 1.54) is 11.1 Å². The molecule has 0 spiro atoms. The predicted octanol–water partition coefficient (Wildman–Crippen LogP) is 2.50.